The monoisotopic (exact) mass is 602 g/mol. The van der Waals surface area contributed by atoms with Gasteiger partial charge >= 0.3 is 11.9 Å². The van der Waals surface area contributed by atoms with Gasteiger partial charge in [0.25, 0.3) is 0 Å². The lowest BCUT2D eigenvalue weighted by Crippen LogP contribution is -2.46. The quantitative estimate of drug-likeness (QED) is 0.266. The van der Waals surface area contributed by atoms with Gasteiger partial charge in [-0.1, -0.05) is 30.3 Å². The van der Waals surface area contributed by atoms with Crippen LogP contribution in [0.3, 0.4) is 0 Å². The maximum absolute atomic E-state index is 14.8. The molecule has 0 saturated carbocycles. The molecule has 3 aromatic rings. The van der Waals surface area contributed by atoms with Crippen molar-refractivity contribution in [3.8, 4) is 5.75 Å². The van der Waals surface area contributed by atoms with Crippen LogP contribution in [0.4, 0.5) is 14.5 Å². The lowest BCUT2D eigenvalue weighted by Gasteiger charge is -2.44. The van der Waals surface area contributed by atoms with Crippen LogP contribution < -0.4 is 15.4 Å². The summed E-state index contributed by atoms with van der Waals surface area (Å²) < 4.78 is 44.9. The molecule has 1 aliphatic carbocycles. The average Bonchev–Trinajstić information content (AvgIpc) is 3.01. The number of methoxy groups -OCH3 is 1. The van der Waals surface area contributed by atoms with Crippen LogP contribution in [-0.2, 0) is 23.9 Å². The second kappa shape index (κ2) is 12.7. The van der Waals surface area contributed by atoms with Crippen molar-refractivity contribution in [3.63, 3.8) is 0 Å². The number of ether oxygens (including phenoxy) is 3. The molecule has 2 N–H and O–H groups in total. The number of Topliss-reactive ketones (excluding diaryl/α,β-unsaturated/α-hetero) is 1. The molecule has 0 saturated heterocycles. The third-order valence-electron chi connectivity index (χ3n) is 7.87. The molecule has 44 heavy (non-hydrogen) atoms. The predicted molar refractivity (Wildman–Crippen MR) is 158 cm³/mol. The molecule has 8 nitrogen and oxygen atoms in total. The minimum absolute atomic E-state index is 0.00886. The van der Waals surface area contributed by atoms with Gasteiger partial charge in [-0.2, -0.15) is 0 Å². The smallest absolute Gasteiger partial charge is 0.338 e. The number of allylic oxidation sites excluding steroid dienone is 2. The fourth-order valence-corrected chi connectivity index (χ4v) is 6.02. The maximum Gasteiger partial charge on any atom is 0.338 e. The van der Waals surface area contributed by atoms with E-state index in [1.165, 1.54) is 54.5 Å². The van der Waals surface area contributed by atoms with E-state index in [0.29, 0.717) is 22.6 Å². The van der Waals surface area contributed by atoms with E-state index in [-0.39, 0.29) is 42.3 Å². The Bertz CT molecular complexity index is 1670. The van der Waals surface area contributed by atoms with Gasteiger partial charge in [0.05, 0.1) is 37.5 Å². The first-order valence-electron chi connectivity index (χ1n) is 14.3. The third kappa shape index (κ3) is 5.55. The van der Waals surface area contributed by atoms with Gasteiger partial charge in [-0.15, -0.1) is 0 Å². The summed E-state index contributed by atoms with van der Waals surface area (Å²) in [5, 5.41) is 0. The highest BCUT2D eigenvalue weighted by Crippen LogP contribution is 2.51. The second-order valence-corrected chi connectivity index (χ2v) is 10.4. The van der Waals surface area contributed by atoms with E-state index in [0.717, 1.165) is 0 Å². The molecule has 0 bridgehead atoms. The first kappa shape index (κ1) is 30.5. The number of halogens is 2. The molecular weight excluding hydrogens is 570 g/mol. The summed E-state index contributed by atoms with van der Waals surface area (Å²) in [6.07, 6.45) is 0.0860. The van der Waals surface area contributed by atoms with Crippen LogP contribution in [0, 0.1) is 17.6 Å². The fraction of sp³-hybridized carbons (Fsp3) is 0.265. The van der Waals surface area contributed by atoms with Crippen LogP contribution in [0.1, 0.15) is 43.2 Å². The number of nitrogens with two attached hydrogens (primary N) is 1. The summed E-state index contributed by atoms with van der Waals surface area (Å²) in [7, 11) is 1.51. The zero-order chi connectivity index (χ0) is 31.5. The fourth-order valence-electron chi connectivity index (χ4n) is 6.02. The number of ketones is 1. The summed E-state index contributed by atoms with van der Waals surface area (Å²) in [5.74, 6) is -5.88. The standard InChI is InChI=1S/C34H32F2N2O6/c1-4-43-33(40)28-25(20-8-6-11-24(16-20)42-3)18-26-29(31(28)39)27(19-12-14-21(35)15-13-19)30(34(41)44-5-2)32(37)38(26)23-10-7-9-22(36)17-23/h6-17,25,27-28H,4-5,18,37H2,1-3H3/t25-,27+,28-/m1/s1. The number of carbonyl (C=O) groups excluding carboxylic acids is 3. The SMILES string of the molecule is CCOC(=O)C1=C(N)N(c2cccc(F)c2)C2=C(C(=O)[C@H](C(=O)OCC)[C@@H](c3cccc(OC)c3)C2)[C@@H]1c1ccc(F)cc1. The molecule has 2 aliphatic rings. The van der Waals surface area contributed by atoms with Crippen molar-refractivity contribution in [1.82, 2.24) is 0 Å². The summed E-state index contributed by atoms with van der Waals surface area (Å²) in [6, 6.07) is 17.9. The Balaban J connectivity index is 1.82. The Kier molecular flexibility index (Phi) is 8.80. The van der Waals surface area contributed by atoms with Gasteiger partial charge in [0.2, 0.25) is 0 Å². The van der Waals surface area contributed by atoms with Gasteiger partial charge in [-0.05, 0) is 73.9 Å². The largest absolute Gasteiger partial charge is 0.497 e. The molecule has 3 aromatic carbocycles. The number of nitrogens with zero attached hydrogens (tertiary/aromatic N) is 1. The van der Waals surface area contributed by atoms with E-state index < -0.39 is 47.1 Å². The van der Waals surface area contributed by atoms with Crippen LogP contribution in [0.5, 0.6) is 5.75 Å². The van der Waals surface area contributed by atoms with E-state index in [4.69, 9.17) is 19.9 Å². The van der Waals surface area contributed by atoms with Crippen molar-refractivity contribution < 1.29 is 37.4 Å². The van der Waals surface area contributed by atoms with Gasteiger partial charge in [0, 0.05) is 17.2 Å². The van der Waals surface area contributed by atoms with E-state index >= 15 is 0 Å². The number of anilines is 1. The number of carbonyl (C=O) groups is 3. The second-order valence-electron chi connectivity index (χ2n) is 10.4. The van der Waals surface area contributed by atoms with Crippen LogP contribution in [0.25, 0.3) is 0 Å². The summed E-state index contributed by atoms with van der Waals surface area (Å²) in [4.78, 5) is 43.4. The maximum atomic E-state index is 14.8. The molecule has 0 aromatic heterocycles. The zero-order valence-corrected chi connectivity index (χ0v) is 24.5. The van der Waals surface area contributed by atoms with E-state index in [9.17, 15) is 23.2 Å². The topological polar surface area (TPSA) is 108 Å². The van der Waals surface area contributed by atoms with E-state index in [2.05, 4.69) is 0 Å². The zero-order valence-electron chi connectivity index (χ0n) is 24.5. The highest BCUT2D eigenvalue weighted by Gasteiger charge is 2.51. The number of hydrogen-bond acceptors (Lipinski definition) is 8. The Morgan fingerprint density at radius 2 is 1.61 bits per heavy atom. The lowest BCUT2D eigenvalue weighted by molar-refractivity contribution is -0.152. The van der Waals surface area contributed by atoms with Gasteiger partial charge < -0.3 is 19.9 Å². The number of rotatable bonds is 8. The number of esters is 2. The molecule has 228 valence electrons. The first-order valence-corrected chi connectivity index (χ1v) is 14.3. The minimum atomic E-state index is -1.29. The number of hydrogen-bond donors (Lipinski definition) is 1. The van der Waals surface area contributed by atoms with Crippen LogP contribution in [0.2, 0.25) is 0 Å². The van der Waals surface area contributed by atoms with E-state index in [1.807, 2.05) is 0 Å². The lowest BCUT2D eigenvalue weighted by atomic mass is 9.67. The average molecular weight is 603 g/mol. The molecule has 1 heterocycles. The minimum Gasteiger partial charge on any atom is -0.497 e. The van der Waals surface area contributed by atoms with Crippen molar-refractivity contribution in [1.29, 1.82) is 0 Å². The highest BCUT2D eigenvalue weighted by molar-refractivity contribution is 6.14. The molecule has 0 spiro atoms. The van der Waals surface area contributed by atoms with Crippen molar-refractivity contribution in [2.24, 2.45) is 11.7 Å². The summed E-state index contributed by atoms with van der Waals surface area (Å²) in [5.41, 5.74) is 8.44. The van der Waals surface area contributed by atoms with Gasteiger partial charge in [0.1, 0.15) is 29.1 Å². The molecule has 3 atom stereocenters. The molecule has 10 heteroatoms. The van der Waals surface area contributed by atoms with Gasteiger partial charge in [-0.25, -0.2) is 13.6 Å². The Hall–Kier alpha value is -4.99. The van der Waals surface area contributed by atoms with Crippen molar-refractivity contribution in [2.45, 2.75) is 32.1 Å². The van der Waals surface area contributed by atoms with Gasteiger partial charge in [0.15, 0.2) is 5.78 Å². The van der Waals surface area contributed by atoms with Crippen molar-refractivity contribution in [3.05, 3.63) is 118 Å². The number of benzene rings is 3. The van der Waals surface area contributed by atoms with Gasteiger partial charge in [-0.3, -0.25) is 14.5 Å². The Morgan fingerprint density at radius 3 is 2.27 bits per heavy atom. The van der Waals surface area contributed by atoms with Crippen LogP contribution >= 0.6 is 0 Å². The molecule has 0 fully saturated rings. The molecule has 5 rings (SSSR count). The third-order valence-corrected chi connectivity index (χ3v) is 7.87. The molecule has 0 unspecified atom stereocenters. The Morgan fingerprint density at radius 1 is 0.909 bits per heavy atom. The molecule has 1 aliphatic heterocycles. The summed E-state index contributed by atoms with van der Waals surface area (Å²) >= 11 is 0. The van der Waals surface area contributed by atoms with Crippen molar-refractivity contribution in [2.75, 3.05) is 25.2 Å². The summed E-state index contributed by atoms with van der Waals surface area (Å²) in [6.45, 7) is 3.32. The molecule has 0 amide bonds. The Labute approximate surface area is 253 Å². The molecule has 0 radical (unpaired) electrons. The van der Waals surface area contributed by atoms with E-state index in [1.54, 1.807) is 44.2 Å². The van der Waals surface area contributed by atoms with Crippen LogP contribution in [-0.4, -0.2) is 38.0 Å². The first-order chi connectivity index (χ1) is 21.2. The van der Waals surface area contributed by atoms with Crippen LogP contribution in [0.15, 0.2) is 95.5 Å². The highest BCUT2D eigenvalue weighted by atomic mass is 19.1. The molecular formula is C34H32F2N2O6. The normalized spacial score (nSPS) is 19.9. The predicted octanol–water partition coefficient (Wildman–Crippen LogP) is 5.50. The van der Waals surface area contributed by atoms with Crippen molar-refractivity contribution >= 4 is 23.4 Å².